The maximum Gasteiger partial charge on any atom is 0.472 e. The third-order valence-electron chi connectivity index (χ3n) is 16.1. The molecule has 17 nitrogen and oxygen atoms in total. The van der Waals surface area contributed by atoms with E-state index in [1.165, 1.54) is 154 Å². The molecule has 19 heteroatoms. The van der Waals surface area contributed by atoms with Gasteiger partial charge in [-0.1, -0.05) is 299 Å². The first-order valence-corrected chi connectivity index (χ1v) is 39.3. The number of esters is 4. The molecular formula is C70H136O17P2. The highest BCUT2D eigenvalue weighted by Crippen LogP contribution is 2.45. The predicted octanol–water partition coefficient (Wildman–Crippen LogP) is 19.8. The zero-order chi connectivity index (χ0) is 65.9. The Hall–Kier alpha value is -1.94. The van der Waals surface area contributed by atoms with Gasteiger partial charge in [-0.05, 0) is 43.4 Å². The fourth-order valence-corrected chi connectivity index (χ4v) is 12.1. The molecule has 0 aliphatic rings. The van der Waals surface area contributed by atoms with Gasteiger partial charge in [0, 0.05) is 25.7 Å². The fourth-order valence-electron chi connectivity index (χ4n) is 10.5. The van der Waals surface area contributed by atoms with Crippen LogP contribution in [0.2, 0.25) is 0 Å². The number of hydrogen-bond donors (Lipinski definition) is 3. The highest BCUT2D eigenvalue weighted by molar-refractivity contribution is 7.47. The third kappa shape index (κ3) is 64.6. The molecule has 0 saturated carbocycles. The van der Waals surface area contributed by atoms with Crippen molar-refractivity contribution < 1.29 is 80.2 Å². The molecule has 0 aromatic heterocycles. The van der Waals surface area contributed by atoms with Crippen LogP contribution in [0.25, 0.3) is 0 Å². The van der Waals surface area contributed by atoms with Gasteiger partial charge in [-0.25, -0.2) is 9.13 Å². The van der Waals surface area contributed by atoms with Crippen LogP contribution in [-0.2, 0) is 65.4 Å². The molecule has 0 heterocycles. The van der Waals surface area contributed by atoms with Crippen LogP contribution in [0, 0.1) is 17.8 Å². The summed E-state index contributed by atoms with van der Waals surface area (Å²) < 4.78 is 68.3. The lowest BCUT2D eigenvalue weighted by Gasteiger charge is -2.21. The molecule has 0 aliphatic heterocycles. The molecule has 0 radical (unpaired) electrons. The topological polar surface area (TPSA) is 237 Å². The fraction of sp³-hybridized carbons (Fsp3) is 0.943. The van der Waals surface area contributed by atoms with E-state index in [0.29, 0.717) is 31.6 Å². The number of aliphatic hydroxyl groups excluding tert-OH is 1. The normalized spacial score (nSPS) is 14.2. The number of phosphoric acid groups is 2. The second-order valence-electron chi connectivity index (χ2n) is 26.7. The SMILES string of the molecule is CCCCCCCCCCCCCCCCCCC(=O)O[C@H](COC(=O)CCCCCCCCCCCC(C)C)COP(=O)(O)OC[C@@H](O)COP(=O)(O)OC[C@@H](COC(=O)CCCCCCCCC(C)C)OC(=O)CCCCCCCCCCCC(C)C. The number of unbranched alkanes of at least 4 members (excludes halogenated alkanes) is 36. The van der Waals surface area contributed by atoms with Crippen LogP contribution in [0.15, 0.2) is 0 Å². The molecule has 2 unspecified atom stereocenters. The van der Waals surface area contributed by atoms with E-state index >= 15 is 0 Å². The van der Waals surface area contributed by atoms with Crippen LogP contribution >= 0.6 is 15.6 Å². The van der Waals surface area contributed by atoms with Crippen LogP contribution in [0.3, 0.4) is 0 Å². The lowest BCUT2D eigenvalue weighted by molar-refractivity contribution is -0.161. The Morgan fingerprint density at radius 3 is 0.764 bits per heavy atom. The summed E-state index contributed by atoms with van der Waals surface area (Å²) in [5.41, 5.74) is 0. The minimum atomic E-state index is -4.95. The zero-order valence-corrected chi connectivity index (χ0v) is 59.7. The summed E-state index contributed by atoms with van der Waals surface area (Å²) in [5, 5.41) is 10.6. The Morgan fingerprint density at radius 2 is 0.517 bits per heavy atom. The molecule has 0 rings (SSSR count). The van der Waals surface area contributed by atoms with Crippen molar-refractivity contribution in [3.8, 4) is 0 Å². The van der Waals surface area contributed by atoms with E-state index in [1.54, 1.807) is 0 Å². The smallest absolute Gasteiger partial charge is 0.462 e. The average molecular weight is 1310 g/mol. The summed E-state index contributed by atoms with van der Waals surface area (Å²) in [7, 11) is -9.90. The number of ether oxygens (including phenoxy) is 4. The lowest BCUT2D eigenvalue weighted by Crippen LogP contribution is -2.30. The predicted molar refractivity (Wildman–Crippen MR) is 358 cm³/mol. The van der Waals surface area contributed by atoms with Crippen LogP contribution in [0.5, 0.6) is 0 Å². The summed E-state index contributed by atoms with van der Waals surface area (Å²) in [6, 6.07) is 0. The van der Waals surface area contributed by atoms with Crippen molar-refractivity contribution in [2.75, 3.05) is 39.6 Å². The van der Waals surface area contributed by atoms with Gasteiger partial charge in [0.15, 0.2) is 12.2 Å². The van der Waals surface area contributed by atoms with Crippen molar-refractivity contribution in [2.45, 2.75) is 369 Å². The van der Waals surface area contributed by atoms with E-state index in [4.69, 9.17) is 37.0 Å². The van der Waals surface area contributed by atoms with Crippen molar-refractivity contribution >= 4 is 39.5 Å². The molecule has 0 bridgehead atoms. The van der Waals surface area contributed by atoms with E-state index in [9.17, 15) is 43.2 Å². The molecule has 0 amide bonds. The van der Waals surface area contributed by atoms with E-state index in [2.05, 4.69) is 48.5 Å². The molecule has 528 valence electrons. The minimum absolute atomic E-state index is 0.104. The second-order valence-corrected chi connectivity index (χ2v) is 29.6. The van der Waals surface area contributed by atoms with Crippen LogP contribution in [-0.4, -0.2) is 96.7 Å². The first-order valence-electron chi connectivity index (χ1n) is 36.3. The van der Waals surface area contributed by atoms with Crippen molar-refractivity contribution in [3.63, 3.8) is 0 Å². The molecule has 5 atom stereocenters. The molecule has 0 fully saturated rings. The monoisotopic (exact) mass is 1310 g/mol. The molecular weight excluding hydrogens is 1170 g/mol. The van der Waals surface area contributed by atoms with E-state index in [1.807, 2.05) is 0 Å². The van der Waals surface area contributed by atoms with Gasteiger partial charge in [0.1, 0.15) is 19.3 Å². The number of rotatable bonds is 68. The third-order valence-corrected chi connectivity index (χ3v) is 18.0. The van der Waals surface area contributed by atoms with E-state index < -0.39 is 97.5 Å². The number of carbonyl (C=O) groups is 4. The van der Waals surface area contributed by atoms with E-state index in [0.717, 1.165) is 108 Å². The van der Waals surface area contributed by atoms with Gasteiger partial charge in [-0.2, -0.15) is 0 Å². The molecule has 0 saturated heterocycles. The number of carbonyl (C=O) groups excluding carboxylic acids is 4. The minimum Gasteiger partial charge on any atom is -0.462 e. The molecule has 0 spiro atoms. The highest BCUT2D eigenvalue weighted by atomic mass is 31.2. The summed E-state index contributed by atoms with van der Waals surface area (Å²) in [4.78, 5) is 72.5. The Kier molecular flexibility index (Phi) is 59.6. The lowest BCUT2D eigenvalue weighted by atomic mass is 10.0. The molecule has 0 aromatic carbocycles. The van der Waals surface area contributed by atoms with Gasteiger partial charge in [0.25, 0.3) is 0 Å². The van der Waals surface area contributed by atoms with Gasteiger partial charge < -0.3 is 33.8 Å². The number of phosphoric ester groups is 2. The van der Waals surface area contributed by atoms with Gasteiger partial charge >= 0.3 is 39.5 Å². The van der Waals surface area contributed by atoms with Gasteiger partial charge in [-0.15, -0.1) is 0 Å². The first kappa shape index (κ1) is 87.1. The summed E-state index contributed by atoms with van der Waals surface area (Å²) in [6.45, 7) is 11.7. The van der Waals surface area contributed by atoms with Crippen LogP contribution in [0.4, 0.5) is 0 Å². The quantitative estimate of drug-likeness (QED) is 0.0222. The Bertz CT molecular complexity index is 1750. The first-order chi connectivity index (χ1) is 42.7. The molecule has 3 N–H and O–H groups in total. The van der Waals surface area contributed by atoms with Gasteiger partial charge in [-0.3, -0.25) is 37.3 Å². The molecule has 0 aromatic rings. The highest BCUT2D eigenvalue weighted by Gasteiger charge is 2.30. The van der Waals surface area contributed by atoms with E-state index in [-0.39, 0.29) is 25.7 Å². The molecule has 89 heavy (non-hydrogen) atoms. The Morgan fingerprint density at radius 1 is 0.303 bits per heavy atom. The second kappa shape index (κ2) is 61.0. The van der Waals surface area contributed by atoms with Gasteiger partial charge in [0.05, 0.1) is 26.4 Å². The summed E-state index contributed by atoms with van der Waals surface area (Å²) in [5.74, 6) is 0.0313. The van der Waals surface area contributed by atoms with Crippen molar-refractivity contribution in [1.82, 2.24) is 0 Å². The molecule has 0 aliphatic carbocycles. The standard InChI is InChI=1S/C70H136O17P2/c1-8-9-10-11-12-13-14-15-16-17-18-19-24-30-39-46-53-69(74)86-65(57-80-67(72)51-44-37-29-25-20-22-27-34-41-48-61(2)3)59-84-88(76,77)82-55-64(71)56-83-89(78,79)85-60-66(58-81-68(73)52-45-38-33-32-36-43-50-63(6)7)87-70(75)54-47-40-31-26-21-23-28-35-42-49-62(4)5/h61-66,71H,8-60H2,1-7H3,(H,76,77)(H,78,79)/t64-,65-,66-/m1/s1. The largest absolute Gasteiger partial charge is 0.472 e. The summed E-state index contributed by atoms with van der Waals surface area (Å²) >= 11 is 0. The Labute approximate surface area is 543 Å². The van der Waals surface area contributed by atoms with Crippen molar-refractivity contribution in [2.24, 2.45) is 17.8 Å². The number of hydrogen-bond acceptors (Lipinski definition) is 15. The maximum absolute atomic E-state index is 13.0. The summed E-state index contributed by atoms with van der Waals surface area (Å²) in [6.07, 6.45) is 44.6. The van der Waals surface area contributed by atoms with Crippen LogP contribution in [0.1, 0.15) is 350 Å². The van der Waals surface area contributed by atoms with Crippen molar-refractivity contribution in [1.29, 1.82) is 0 Å². The maximum atomic E-state index is 13.0. The average Bonchev–Trinajstić information content (AvgIpc) is 3.55. The van der Waals surface area contributed by atoms with Crippen molar-refractivity contribution in [3.05, 3.63) is 0 Å². The zero-order valence-electron chi connectivity index (χ0n) is 57.9. The van der Waals surface area contributed by atoms with Crippen LogP contribution < -0.4 is 0 Å². The van der Waals surface area contributed by atoms with Gasteiger partial charge in [0.2, 0.25) is 0 Å². The Balaban J connectivity index is 5.24. The number of aliphatic hydroxyl groups is 1.